The molecule has 142 valence electrons. The van der Waals surface area contributed by atoms with Crippen LogP contribution in [0.15, 0.2) is 53.9 Å². The van der Waals surface area contributed by atoms with E-state index in [-0.39, 0.29) is 6.04 Å². The van der Waals surface area contributed by atoms with E-state index >= 15 is 0 Å². The lowest BCUT2D eigenvalue weighted by Crippen LogP contribution is -2.26. The first-order valence-corrected chi connectivity index (χ1v) is 9.99. The van der Waals surface area contributed by atoms with Crippen molar-refractivity contribution in [1.29, 1.82) is 0 Å². The average Bonchev–Trinajstić information content (AvgIpc) is 3.20. The minimum absolute atomic E-state index is 0.284. The summed E-state index contributed by atoms with van der Waals surface area (Å²) in [6.07, 6.45) is 0. The van der Waals surface area contributed by atoms with Crippen molar-refractivity contribution in [3.8, 4) is 22.1 Å². The fourth-order valence-electron chi connectivity index (χ4n) is 3.11. The van der Waals surface area contributed by atoms with Gasteiger partial charge in [-0.15, -0.1) is 11.3 Å². The maximum absolute atomic E-state index is 5.37. The van der Waals surface area contributed by atoms with Crippen LogP contribution in [0.4, 0.5) is 0 Å². The Balaban J connectivity index is 1.75. The molecule has 1 atom stereocenters. The molecule has 2 aromatic carbocycles. The largest absolute Gasteiger partial charge is 0.497 e. The smallest absolute Gasteiger partial charge is 0.123 e. The van der Waals surface area contributed by atoms with Gasteiger partial charge in [-0.1, -0.05) is 31.2 Å². The summed E-state index contributed by atoms with van der Waals surface area (Å²) in [5, 5.41) is 3.17. The molecule has 5 heteroatoms. The summed E-state index contributed by atoms with van der Waals surface area (Å²) in [5.41, 5.74) is 3.43. The van der Waals surface area contributed by atoms with E-state index < -0.39 is 0 Å². The van der Waals surface area contributed by atoms with Crippen LogP contribution in [0, 0.1) is 0 Å². The molecule has 27 heavy (non-hydrogen) atoms. The third kappa shape index (κ3) is 4.67. The van der Waals surface area contributed by atoms with E-state index in [4.69, 9.17) is 14.5 Å². The van der Waals surface area contributed by atoms with Crippen LogP contribution in [0.5, 0.6) is 11.5 Å². The fourth-order valence-corrected chi connectivity index (χ4v) is 3.92. The van der Waals surface area contributed by atoms with Crippen LogP contribution in [0.1, 0.15) is 31.1 Å². The number of rotatable bonds is 8. The lowest BCUT2D eigenvalue weighted by atomic mass is 10.1. The van der Waals surface area contributed by atoms with Gasteiger partial charge in [0, 0.05) is 23.5 Å². The van der Waals surface area contributed by atoms with Crippen molar-refractivity contribution in [3.05, 3.63) is 65.2 Å². The lowest BCUT2D eigenvalue weighted by molar-refractivity contribution is 0.210. The number of ether oxygens (including phenoxy) is 2. The SMILES string of the molecule is CCN(Cc1csc(-c2cccc(OC)c2)n1)C(C)c1cccc(OC)c1. The highest BCUT2D eigenvalue weighted by Gasteiger charge is 2.17. The minimum Gasteiger partial charge on any atom is -0.497 e. The molecular weight excluding hydrogens is 356 g/mol. The monoisotopic (exact) mass is 382 g/mol. The summed E-state index contributed by atoms with van der Waals surface area (Å²) in [6, 6.07) is 16.6. The van der Waals surface area contributed by atoms with E-state index in [0.717, 1.165) is 40.9 Å². The zero-order valence-electron chi connectivity index (χ0n) is 16.3. The Bertz CT molecular complexity index is 878. The van der Waals surface area contributed by atoms with Crippen LogP contribution in [-0.4, -0.2) is 30.6 Å². The Morgan fingerprint density at radius 3 is 2.44 bits per heavy atom. The maximum Gasteiger partial charge on any atom is 0.123 e. The molecule has 0 fully saturated rings. The van der Waals surface area contributed by atoms with Crippen LogP contribution < -0.4 is 9.47 Å². The number of nitrogens with zero attached hydrogens (tertiary/aromatic N) is 2. The molecule has 0 aliphatic heterocycles. The Morgan fingerprint density at radius 1 is 1.04 bits per heavy atom. The van der Waals surface area contributed by atoms with Gasteiger partial charge in [-0.3, -0.25) is 4.90 Å². The molecule has 3 aromatic rings. The predicted octanol–water partition coefficient (Wildman–Crippen LogP) is 5.41. The quantitative estimate of drug-likeness (QED) is 0.522. The molecule has 0 spiro atoms. The molecule has 0 N–H and O–H groups in total. The van der Waals surface area contributed by atoms with Crippen molar-refractivity contribution < 1.29 is 9.47 Å². The first kappa shape index (κ1) is 19.4. The van der Waals surface area contributed by atoms with Crippen LogP contribution in [-0.2, 0) is 6.54 Å². The maximum atomic E-state index is 5.37. The van der Waals surface area contributed by atoms with Crippen molar-refractivity contribution in [2.24, 2.45) is 0 Å². The molecule has 1 heterocycles. The molecule has 0 aliphatic rings. The van der Waals surface area contributed by atoms with Crippen molar-refractivity contribution in [3.63, 3.8) is 0 Å². The molecule has 0 amide bonds. The molecule has 0 aliphatic carbocycles. The summed E-state index contributed by atoms with van der Waals surface area (Å²) >= 11 is 1.67. The second-order valence-corrected chi connectivity index (χ2v) is 7.25. The standard InChI is InChI=1S/C22H26N2O2S/c1-5-24(16(2)17-8-6-10-20(12-17)25-3)14-19-15-27-22(23-19)18-9-7-11-21(13-18)26-4/h6-13,15-16H,5,14H2,1-4H3. The Labute approximate surface area is 165 Å². The first-order valence-electron chi connectivity index (χ1n) is 9.11. The molecular formula is C22H26N2O2S. The van der Waals surface area contributed by atoms with Gasteiger partial charge in [0.05, 0.1) is 19.9 Å². The predicted molar refractivity (Wildman–Crippen MR) is 112 cm³/mol. The Hall–Kier alpha value is -2.37. The highest BCUT2D eigenvalue weighted by Crippen LogP contribution is 2.29. The van der Waals surface area contributed by atoms with Gasteiger partial charge in [-0.05, 0) is 43.3 Å². The minimum atomic E-state index is 0.284. The second kappa shape index (κ2) is 9.02. The van der Waals surface area contributed by atoms with E-state index in [0.29, 0.717) is 0 Å². The van der Waals surface area contributed by atoms with Crippen molar-refractivity contribution in [2.75, 3.05) is 20.8 Å². The number of methoxy groups -OCH3 is 2. The zero-order valence-corrected chi connectivity index (χ0v) is 17.1. The first-order chi connectivity index (χ1) is 13.1. The fraction of sp³-hybridized carbons (Fsp3) is 0.318. The van der Waals surface area contributed by atoms with Crippen molar-refractivity contribution in [2.45, 2.75) is 26.4 Å². The number of aromatic nitrogens is 1. The molecule has 1 unspecified atom stereocenters. The van der Waals surface area contributed by atoms with Crippen molar-refractivity contribution >= 4 is 11.3 Å². The number of hydrogen-bond acceptors (Lipinski definition) is 5. The summed E-state index contributed by atoms with van der Waals surface area (Å²) in [7, 11) is 3.39. The summed E-state index contributed by atoms with van der Waals surface area (Å²) in [5.74, 6) is 1.75. The van der Waals surface area contributed by atoms with Crippen molar-refractivity contribution in [1.82, 2.24) is 9.88 Å². The van der Waals surface area contributed by atoms with Gasteiger partial charge in [0.25, 0.3) is 0 Å². The van der Waals surface area contributed by atoms with Gasteiger partial charge in [-0.2, -0.15) is 0 Å². The molecule has 3 rings (SSSR count). The van der Waals surface area contributed by atoms with Crippen LogP contribution in [0.3, 0.4) is 0 Å². The lowest BCUT2D eigenvalue weighted by Gasteiger charge is -2.27. The summed E-state index contributed by atoms with van der Waals surface area (Å²) < 4.78 is 10.7. The Kier molecular flexibility index (Phi) is 6.48. The number of benzene rings is 2. The molecule has 0 bridgehead atoms. The van der Waals surface area contributed by atoms with Crippen LogP contribution >= 0.6 is 11.3 Å². The molecule has 0 saturated carbocycles. The topological polar surface area (TPSA) is 34.6 Å². The third-order valence-corrected chi connectivity index (χ3v) is 5.70. The molecule has 0 saturated heterocycles. The third-order valence-electron chi connectivity index (χ3n) is 4.76. The van der Waals surface area contributed by atoms with E-state index in [2.05, 4.69) is 42.3 Å². The van der Waals surface area contributed by atoms with Crippen LogP contribution in [0.25, 0.3) is 10.6 Å². The molecule has 1 aromatic heterocycles. The highest BCUT2D eigenvalue weighted by molar-refractivity contribution is 7.13. The summed E-state index contributed by atoms with van der Waals surface area (Å²) in [4.78, 5) is 7.27. The van der Waals surface area contributed by atoms with Gasteiger partial charge < -0.3 is 9.47 Å². The van der Waals surface area contributed by atoms with Gasteiger partial charge in [0.2, 0.25) is 0 Å². The van der Waals surface area contributed by atoms with E-state index in [9.17, 15) is 0 Å². The van der Waals surface area contributed by atoms with Gasteiger partial charge >= 0.3 is 0 Å². The second-order valence-electron chi connectivity index (χ2n) is 6.39. The average molecular weight is 383 g/mol. The van der Waals surface area contributed by atoms with E-state index in [1.165, 1.54) is 5.56 Å². The van der Waals surface area contributed by atoms with E-state index in [1.807, 2.05) is 30.3 Å². The normalized spacial score (nSPS) is 12.2. The van der Waals surface area contributed by atoms with Gasteiger partial charge in [0.1, 0.15) is 16.5 Å². The number of thiazole rings is 1. The van der Waals surface area contributed by atoms with E-state index in [1.54, 1.807) is 25.6 Å². The van der Waals surface area contributed by atoms with Gasteiger partial charge in [-0.25, -0.2) is 4.98 Å². The number of hydrogen-bond donors (Lipinski definition) is 0. The molecule has 4 nitrogen and oxygen atoms in total. The van der Waals surface area contributed by atoms with Crippen LogP contribution in [0.2, 0.25) is 0 Å². The zero-order chi connectivity index (χ0) is 19.2. The summed E-state index contributed by atoms with van der Waals surface area (Å²) in [6.45, 7) is 6.18. The van der Waals surface area contributed by atoms with Gasteiger partial charge in [0.15, 0.2) is 0 Å². The Morgan fingerprint density at radius 2 is 1.74 bits per heavy atom. The highest BCUT2D eigenvalue weighted by atomic mass is 32.1. The molecule has 0 radical (unpaired) electrons.